The SMILES string of the molecule is CC(=O)Nc1ccc(NC(=O)[C@H](C)Sc2ncnc3sc(-c4ccccc4)cc23)cc1. The fourth-order valence-electron chi connectivity index (χ4n) is 2.98. The number of rotatable bonds is 6. The molecule has 0 unspecified atom stereocenters. The van der Waals surface area contributed by atoms with Crippen LogP contribution in [0, 0.1) is 0 Å². The van der Waals surface area contributed by atoms with E-state index >= 15 is 0 Å². The standard InChI is InChI=1S/C23H20N4O2S2/c1-14(21(29)27-18-10-8-17(9-11-18)26-15(2)28)30-22-19-12-20(16-6-4-3-5-7-16)31-23(19)25-13-24-22/h3-14H,1-2H3,(H,26,28)(H,27,29)/t14-/m0/s1. The number of fused-ring (bicyclic) bond motifs is 1. The molecule has 2 N–H and O–H groups in total. The summed E-state index contributed by atoms with van der Waals surface area (Å²) in [6, 6.07) is 19.2. The molecule has 1 atom stereocenters. The number of hydrogen-bond donors (Lipinski definition) is 2. The molecule has 0 bridgehead atoms. The number of thioether (sulfide) groups is 1. The minimum absolute atomic E-state index is 0.123. The maximum atomic E-state index is 12.7. The molecule has 156 valence electrons. The first-order valence-corrected chi connectivity index (χ1v) is 11.3. The average molecular weight is 449 g/mol. The number of nitrogens with one attached hydrogen (secondary N) is 2. The molecule has 2 aromatic heterocycles. The summed E-state index contributed by atoms with van der Waals surface area (Å²) < 4.78 is 0. The molecule has 4 aromatic rings. The molecule has 0 saturated heterocycles. The molecule has 31 heavy (non-hydrogen) atoms. The lowest BCUT2D eigenvalue weighted by atomic mass is 10.2. The number of hydrogen-bond acceptors (Lipinski definition) is 6. The third-order valence-electron chi connectivity index (χ3n) is 4.48. The Kier molecular flexibility index (Phi) is 6.29. The van der Waals surface area contributed by atoms with Crippen LogP contribution in [-0.4, -0.2) is 27.0 Å². The predicted octanol–water partition coefficient (Wildman–Crippen LogP) is 5.44. The number of anilines is 2. The van der Waals surface area contributed by atoms with Gasteiger partial charge < -0.3 is 10.6 Å². The quantitative estimate of drug-likeness (QED) is 0.303. The van der Waals surface area contributed by atoms with Gasteiger partial charge in [0.05, 0.1) is 5.25 Å². The van der Waals surface area contributed by atoms with Gasteiger partial charge in [-0.2, -0.15) is 0 Å². The molecule has 2 aromatic carbocycles. The fourth-order valence-corrected chi connectivity index (χ4v) is 4.94. The lowest BCUT2D eigenvalue weighted by Crippen LogP contribution is -2.22. The Labute approximate surface area is 188 Å². The van der Waals surface area contributed by atoms with Crippen LogP contribution in [0.25, 0.3) is 20.7 Å². The maximum absolute atomic E-state index is 12.7. The highest BCUT2D eigenvalue weighted by Crippen LogP contribution is 2.37. The van der Waals surface area contributed by atoms with Gasteiger partial charge in [-0.3, -0.25) is 9.59 Å². The topological polar surface area (TPSA) is 84.0 Å². The number of carbonyl (C=O) groups excluding carboxylic acids is 2. The Morgan fingerprint density at radius 1 is 0.968 bits per heavy atom. The number of aromatic nitrogens is 2. The van der Waals surface area contributed by atoms with Crippen LogP contribution in [0.15, 0.2) is 72.0 Å². The van der Waals surface area contributed by atoms with Gasteiger partial charge in [0.15, 0.2) is 0 Å². The monoisotopic (exact) mass is 448 g/mol. The van der Waals surface area contributed by atoms with Crippen molar-refractivity contribution in [3.05, 3.63) is 67.0 Å². The van der Waals surface area contributed by atoms with Crippen molar-refractivity contribution in [2.24, 2.45) is 0 Å². The van der Waals surface area contributed by atoms with Crippen LogP contribution >= 0.6 is 23.1 Å². The van der Waals surface area contributed by atoms with Crippen LogP contribution < -0.4 is 10.6 Å². The van der Waals surface area contributed by atoms with Gasteiger partial charge in [0, 0.05) is 28.6 Å². The second kappa shape index (κ2) is 9.28. The number of carbonyl (C=O) groups is 2. The second-order valence-electron chi connectivity index (χ2n) is 6.88. The van der Waals surface area contributed by atoms with Crippen LogP contribution in [0.1, 0.15) is 13.8 Å². The molecule has 6 nitrogen and oxygen atoms in total. The largest absolute Gasteiger partial charge is 0.326 e. The van der Waals surface area contributed by atoms with Crippen molar-refractivity contribution in [3.8, 4) is 10.4 Å². The van der Waals surface area contributed by atoms with Gasteiger partial charge in [0.25, 0.3) is 0 Å². The molecule has 8 heteroatoms. The van der Waals surface area contributed by atoms with Crippen LogP contribution in [-0.2, 0) is 9.59 Å². The first-order valence-electron chi connectivity index (χ1n) is 9.65. The van der Waals surface area contributed by atoms with E-state index in [0.29, 0.717) is 11.4 Å². The first kappa shape index (κ1) is 21.0. The number of benzene rings is 2. The van der Waals surface area contributed by atoms with Crippen molar-refractivity contribution < 1.29 is 9.59 Å². The Morgan fingerprint density at radius 2 is 1.65 bits per heavy atom. The minimum Gasteiger partial charge on any atom is -0.326 e. The summed E-state index contributed by atoms with van der Waals surface area (Å²) in [7, 11) is 0. The zero-order valence-electron chi connectivity index (χ0n) is 17.0. The number of amides is 2. The lowest BCUT2D eigenvalue weighted by molar-refractivity contribution is -0.115. The summed E-state index contributed by atoms with van der Waals surface area (Å²) in [4.78, 5) is 34.7. The molecule has 0 radical (unpaired) electrons. The van der Waals surface area contributed by atoms with Crippen molar-refractivity contribution in [1.29, 1.82) is 0 Å². The van der Waals surface area contributed by atoms with Gasteiger partial charge in [-0.1, -0.05) is 42.1 Å². The van der Waals surface area contributed by atoms with Crippen molar-refractivity contribution in [2.45, 2.75) is 24.1 Å². The van der Waals surface area contributed by atoms with Crippen LogP contribution in [0.5, 0.6) is 0 Å². The van der Waals surface area contributed by atoms with Gasteiger partial charge >= 0.3 is 0 Å². The van der Waals surface area contributed by atoms with Gasteiger partial charge in [-0.05, 0) is 42.8 Å². The van der Waals surface area contributed by atoms with Crippen molar-refractivity contribution in [3.63, 3.8) is 0 Å². The fraction of sp³-hybridized carbons (Fsp3) is 0.130. The maximum Gasteiger partial charge on any atom is 0.237 e. The molecule has 0 saturated carbocycles. The number of thiophene rings is 1. The summed E-state index contributed by atoms with van der Waals surface area (Å²) >= 11 is 3.02. The molecular weight excluding hydrogens is 428 g/mol. The van der Waals surface area contributed by atoms with Crippen LogP contribution in [0.4, 0.5) is 11.4 Å². The summed E-state index contributed by atoms with van der Waals surface area (Å²) in [5.41, 5.74) is 2.49. The van der Waals surface area contributed by atoms with Crippen LogP contribution in [0.2, 0.25) is 0 Å². The Balaban J connectivity index is 1.47. The van der Waals surface area contributed by atoms with E-state index in [0.717, 1.165) is 25.7 Å². The zero-order chi connectivity index (χ0) is 21.8. The minimum atomic E-state index is -0.354. The Hall–Kier alpha value is -3.23. The molecular formula is C23H20N4O2S2. The van der Waals surface area contributed by atoms with Gasteiger partial charge in [0.1, 0.15) is 16.2 Å². The highest BCUT2D eigenvalue weighted by atomic mass is 32.2. The summed E-state index contributed by atoms with van der Waals surface area (Å²) in [6.07, 6.45) is 1.54. The normalized spacial score (nSPS) is 11.8. The average Bonchev–Trinajstić information content (AvgIpc) is 3.21. The predicted molar refractivity (Wildman–Crippen MR) is 128 cm³/mol. The first-order chi connectivity index (χ1) is 15.0. The zero-order valence-corrected chi connectivity index (χ0v) is 18.6. The Morgan fingerprint density at radius 3 is 2.32 bits per heavy atom. The van der Waals surface area contributed by atoms with E-state index in [2.05, 4.69) is 38.8 Å². The lowest BCUT2D eigenvalue weighted by Gasteiger charge is -2.12. The molecule has 0 aliphatic rings. The molecule has 4 rings (SSSR count). The van der Waals surface area contributed by atoms with Crippen molar-refractivity contribution in [1.82, 2.24) is 9.97 Å². The van der Waals surface area contributed by atoms with Gasteiger partial charge in [-0.25, -0.2) is 9.97 Å². The van der Waals surface area contributed by atoms with Crippen molar-refractivity contribution >= 4 is 56.5 Å². The van der Waals surface area contributed by atoms with Crippen LogP contribution in [0.3, 0.4) is 0 Å². The molecule has 2 amide bonds. The Bertz CT molecular complexity index is 1220. The third-order valence-corrected chi connectivity index (χ3v) is 6.69. The highest BCUT2D eigenvalue weighted by molar-refractivity contribution is 8.00. The van der Waals surface area contributed by atoms with E-state index in [1.54, 1.807) is 41.9 Å². The summed E-state index contributed by atoms with van der Waals surface area (Å²) in [6.45, 7) is 3.30. The second-order valence-corrected chi connectivity index (χ2v) is 9.24. The summed E-state index contributed by atoms with van der Waals surface area (Å²) in [5, 5.41) is 7.00. The van der Waals surface area contributed by atoms with Gasteiger partial charge in [0.2, 0.25) is 11.8 Å². The van der Waals surface area contributed by atoms with Gasteiger partial charge in [-0.15, -0.1) is 11.3 Å². The third kappa shape index (κ3) is 5.10. The molecule has 0 aliphatic carbocycles. The smallest absolute Gasteiger partial charge is 0.237 e. The van der Waals surface area contributed by atoms with E-state index in [-0.39, 0.29) is 17.1 Å². The molecule has 0 fully saturated rings. The van der Waals surface area contributed by atoms with E-state index in [4.69, 9.17) is 0 Å². The number of nitrogens with zero attached hydrogens (tertiary/aromatic N) is 2. The van der Waals surface area contributed by atoms with E-state index in [9.17, 15) is 9.59 Å². The molecule has 0 spiro atoms. The van der Waals surface area contributed by atoms with E-state index < -0.39 is 0 Å². The molecule has 0 aliphatic heterocycles. The molecule has 2 heterocycles. The van der Waals surface area contributed by atoms with Crippen molar-refractivity contribution in [2.75, 3.05) is 10.6 Å². The van der Waals surface area contributed by atoms with E-state index in [1.165, 1.54) is 18.7 Å². The highest BCUT2D eigenvalue weighted by Gasteiger charge is 2.18. The summed E-state index contributed by atoms with van der Waals surface area (Å²) in [5.74, 6) is -0.260. The van der Waals surface area contributed by atoms with E-state index in [1.807, 2.05) is 25.1 Å².